The Morgan fingerprint density at radius 1 is 1.14 bits per heavy atom. The molecule has 22 heavy (non-hydrogen) atoms. The molecular weight excluding hydrogens is 276 g/mol. The first-order valence-corrected chi connectivity index (χ1v) is 7.98. The number of rotatable bonds is 2. The van der Waals surface area contributed by atoms with Crippen molar-refractivity contribution in [1.82, 2.24) is 9.80 Å². The predicted molar refractivity (Wildman–Crippen MR) is 89.3 cm³/mol. The van der Waals surface area contributed by atoms with E-state index in [1.54, 1.807) is 6.07 Å². The van der Waals surface area contributed by atoms with Crippen molar-refractivity contribution in [1.29, 1.82) is 0 Å². The fourth-order valence-electron chi connectivity index (χ4n) is 3.15. The van der Waals surface area contributed by atoms with Crippen LogP contribution >= 0.6 is 0 Å². The van der Waals surface area contributed by atoms with E-state index < -0.39 is 0 Å². The summed E-state index contributed by atoms with van der Waals surface area (Å²) in [6.45, 7) is 9.24. The van der Waals surface area contributed by atoms with E-state index >= 15 is 0 Å². The van der Waals surface area contributed by atoms with Gasteiger partial charge in [-0.25, -0.2) is 4.79 Å². The van der Waals surface area contributed by atoms with E-state index in [0.29, 0.717) is 0 Å². The smallest absolute Gasteiger partial charge is 0.336 e. The van der Waals surface area contributed by atoms with E-state index in [2.05, 4.69) is 29.0 Å². The lowest BCUT2D eigenvalue weighted by Gasteiger charge is -2.21. The molecule has 0 spiro atoms. The van der Waals surface area contributed by atoms with Crippen molar-refractivity contribution in [2.75, 3.05) is 33.2 Å². The van der Waals surface area contributed by atoms with Crippen molar-refractivity contribution in [3.8, 4) is 0 Å². The second-order valence-electron chi connectivity index (χ2n) is 6.41. The van der Waals surface area contributed by atoms with Gasteiger partial charge in [-0.2, -0.15) is 0 Å². The molecule has 1 aliphatic heterocycles. The third-order valence-corrected chi connectivity index (χ3v) is 4.72. The number of nitrogens with zero attached hydrogens (tertiary/aromatic N) is 2. The molecule has 1 fully saturated rings. The third kappa shape index (κ3) is 3.08. The highest BCUT2D eigenvalue weighted by Crippen LogP contribution is 2.24. The normalized spacial score (nSPS) is 17.8. The van der Waals surface area contributed by atoms with Gasteiger partial charge in [0.2, 0.25) is 0 Å². The van der Waals surface area contributed by atoms with E-state index in [1.807, 2.05) is 13.8 Å². The molecule has 0 saturated carbocycles. The second-order valence-corrected chi connectivity index (χ2v) is 6.41. The summed E-state index contributed by atoms with van der Waals surface area (Å²) < 4.78 is 5.46. The number of fused-ring (bicyclic) bond motifs is 1. The molecule has 0 radical (unpaired) electrons. The summed E-state index contributed by atoms with van der Waals surface area (Å²) in [6.07, 6.45) is 1.17. The average Bonchev–Trinajstić information content (AvgIpc) is 2.68. The fourth-order valence-corrected chi connectivity index (χ4v) is 3.15. The van der Waals surface area contributed by atoms with Crippen LogP contribution in [0.2, 0.25) is 0 Å². The topological polar surface area (TPSA) is 36.7 Å². The summed E-state index contributed by atoms with van der Waals surface area (Å²) in [4.78, 5) is 16.7. The number of hydrogen-bond donors (Lipinski definition) is 0. The maximum absolute atomic E-state index is 11.9. The van der Waals surface area contributed by atoms with Crippen molar-refractivity contribution < 1.29 is 4.42 Å². The molecule has 1 aromatic heterocycles. The molecule has 0 bridgehead atoms. The SMILES string of the molecule is Cc1ccc2c(CN3CCCN(C)CC3)cc(=O)oc2c1C. The Bertz CT molecular complexity index is 736. The fraction of sp³-hybridized carbons (Fsp3) is 0.500. The lowest BCUT2D eigenvalue weighted by atomic mass is 10.0. The first kappa shape index (κ1) is 15.3. The molecule has 0 aliphatic carbocycles. The minimum Gasteiger partial charge on any atom is -0.422 e. The highest BCUT2D eigenvalue weighted by atomic mass is 16.4. The van der Waals surface area contributed by atoms with Crippen LogP contribution in [0.25, 0.3) is 11.0 Å². The predicted octanol–water partition coefficient (Wildman–Crippen LogP) is 2.55. The summed E-state index contributed by atoms with van der Waals surface area (Å²) in [5.41, 5.74) is 3.80. The van der Waals surface area contributed by atoms with Crippen LogP contribution in [-0.2, 0) is 6.54 Å². The molecule has 0 amide bonds. The van der Waals surface area contributed by atoms with Gasteiger partial charge in [-0.05, 0) is 57.1 Å². The Kier molecular flexibility index (Phi) is 4.32. The number of hydrogen-bond acceptors (Lipinski definition) is 4. The zero-order valence-electron chi connectivity index (χ0n) is 13.7. The standard InChI is InChI=1S/C18H24N2O2/c1-13-5-6-16-15(11-17(21)22-18(16)14(13)2)12-20-8-4-7-19(3)9-10-20/h5-6,11H,4,7-10,12H2,1-3H3. The zero-order valence-corrected chi connectivity index (χ0v) is 13.7. The van der Waals surface area contributed by atoms with E-state index in [1.165, 1.54) is 6.42 Å². The van der Waals surface area contributed by atoms with Gasteiger partial charge in [-0.3, -0.25) is 4.90 Å². The van der Waals surface area contributed by atoms with E-state index in [0.717, 1.165) is 60.4 Å². The van der Waals surface area contributed by atoms with Crippen LogP contribution in [-0.4, -0.2) is 43.0 Å². The molecule has 0 N–H and O–H groups in total. The summed E-state index contributed by atoms with van der Waals surface area (Å²) in [6, 6.07) is 5.85. The van der Waals surface area contributed by atoms with Crippen molar-refractivity contribution in [3.05, 3.63) is 45.3 Å². The summed E-state index contributed by atoms with van der Waals surface area (Å²) in [5, 5.41) is 1.07. The Morgan fingerprint density at radius 3 is 2.77 bits per heavy atom. The molecule has 0 unspecified atom stereocenters. The number of benzene rings is 1. The van der Waals surface area contributed by atoms with Gasteiger partial charge in [-0.15, -0.1) is 0 Å². The van der Waals surface area contributed by atoms with Crippen LogP contribution in [0.5, 0.6) is 0 Å². The molecule has 4 heteroatoms. The van der Waals surface area contributed by atoms with Crippen LogP contribution < -0.4 is 5.63 Å². The molecule has 3 rings (SSSR count). The molecule has 0 atom stereocenters. The van der Waals surface area contributed by atoms with Crippen LogP contribution in [0.3, 0.4) is 0 Å². The maximum Gasteiger partial charge on any atom is 0.336 e. The minimum atomic E-state index is -0.247. The van der Waals surface area contributed by atoms with E-state index in [9.17, 15) is 4.79 Å². The van der Waals surface area contributed by atoms with E-state index in [-0.39, 0.29) is 5.63 Å². The summed E-state index contributed by atoms with van der Waals surface area (Å²) in [7, 11) is 2.17. The molecule has 1 aliphatic rings. The molecule has 2 aromatic rings. The van der Waals surface area contributed by atoms with Crippen molar-refractivity contribution in [3.63, 3.8) is 0 Å². The molecule has 4 nitrogen and oxygen atoms in total. The largest absolute Gasteiger partial charge is 0.422 e. The van der Waals surface area contributed by atoms with Gasteiger partial charge in [0.25, 0.3) is 0 Å². The second kappa shape index (κ2) is 6.23. The van der Waals surface area contributed by atoms with Crippen LogP contribution in [0.4, 0.5) is 0 Å². The summed E-state index contributed by atoms with van der Waals surface area (Å²) >= 11 is 0. The first-order valence-electron chi connectivity index (χ1n) is 7.98. The molecule has 118 valence electrons. The number of aryl methyl sites for hydroxylation is 2. The first-order chi connectivity index (χ1) is 10.5. The van der Waals surface area contributed by atoms with Gasteiger partial charge in [0.15, 0.2) is 0 Å². The van der Waals surface area contributed by atoms with Crippen molar-refractivity contribution >= 4 is 11.0 Å². The van der Waals surface area contributed by atoms with Gasteiger partial charge in [0.05, 0.1) is 0 Å². The highest BCUT2D eigenvalue weighted by Gasteiger charge is 2.15. The Labute approximate surface area is 131 Å². The molecule has 1 saturated heterocycles. The van der Waals surface area contributed by atoms with Crippen molar-refractivity contribution in [2.45, 2.75) is 26.8 Å². The third-order valence-electron chi connectivity index (χ3n) is 4.72. The average molecular weight is 300 g/mol. The lowest BCUT2D eigenvalue weighted by molar-refractivity contribution is 0.269. The summed E-state index contributed by atoms with van der Waals surface area (Å²) in [5.74, 6) is 0. The monoisotopic (exact) mass is 300 g/mol. The van der Waals surface area contributed by atoms with Gasteiger partial charge < -0.3 is 9.32 Å². The zero-order chi connectivity index (χ0) is 15.7. The van der Waals surface area contributed by atoms with Gasteiger partial charge in [-0.1, -0.05) is 12.1 Å². The Balaban J connectivity index is 1.96. The van der Waals surface area contributed by atoms with E-state index in [4.69, 9.17) is 4.42 Å². The quantitative estimate of drug-likeness (QED) is 0.799. The lowest BCUT2D eigenvalue weighted by Crippen LogP contribution is -2.28. The van der Waals surface area contributed by atoms with Gasteiger partial charge >= 0.3 is 5.63 Å². The Hall–Kier alpha value is -1.65. The van der Waals surface area contributed by atoms with Crippen LogP contribution in [0.15, 0.2) is 27.4 Å². The molecule has 1 aromatic carbocycles. The van der Waals surface area contributed by atoms with Crippen LogP contribution in [0.1, 0.15) is 23.1 Å². The van der Waals surface area contributed by atoms with Crippen molar-refractivity contribution in [2.24, 2.45) is 0 Å². The number of likely N-dealkylation sites (N-methyl/N-ethyl adjacent to an activating group) is 1. The highest BCUT2D eigenvalue weighted by molar-refractivity contribution is 5.83. The minimum absolute atomic E-state index is 0.247. The maximum atomic E-state index is 11.9. The van der Waals surface area contributed by atoms with Crippen LogP contribution in [0, 0.1) is 13.8 Å². The Morgan fingerprint density at radius 2 is 1.95 bits per heavy atom. The van der Waals surface area contributed by atoms with Gasteiger partial charge in [0, 0.05) is 31.1 Å². The molecule has 2 heterocycles. The van der Waals surface area contributed by atoms with Gasteiger partial charge in [0.1, 0.15) is 5.58 Å². The molecular formula is C18H24N2O2.